The third-order valence-electron chi connectivity index (χ3n) is 11.8. The Balaban J connectivity index is 0.000000143. The SMILES string of the molecule is CNC(C)=O.Cc1ccc(-c2nc(-c3ccc(C)cc3)nc(-c3ccc(C)cc3)n2)cc1.Cc1ccc(NC(=O)c2ccc(C)cc2)cc1.Cc1ccc2nc3cc4nc5cc(C)ccc5nc4cc3nc2c1. The number of benzene rings is 8. The average molecular weight is 960 g/mol. The predicted molar refractivity (Wildman–Crippen MR) is 298 cm³/mol. The van der Waals surface area contributed by atoms with Crippen molar-refractivity contribution in [1.29, 1.82) is 0 Å². The number of carbonyl (C=O) groups excluding carboxylic acids is 2. The molecule has 11 rings (SSSR count). The standard InChI is InChI=1S/C24H21N3.C20H14N4.C15H15NO.C3H7NO/c1-16-4-10-19(11-5-16)22-25-23(20-12-6-17(2)7-13-20)27-24(26-22)21-14-8-18(3)9-15-21;1-11-3-5-13-15(7-11)23-19-9-18-20(10-17(19)21-13)24-16-8-12(2)4-6-14(16)22-18;1-11-3-7-13(8-4-11)15(17)16-14-9-5-12(2)6-10-14;1-3(5)4-2/h4-15H,1-3H3;3-10H,1-2H3;3-10H,1-2H3,(H,16,17);1-2H3,(H,4,5). The number of rotatable bonds is 5. The Morgan fingerprint density at radius 3 is 0.932 bits per heavy atom. The largest absolute Gasteiger partial charge is 0.359 e. The van der Waals surface area contributed by atoms with E-state index in [9.17, 15) is 9.59 Å². The molecule has 0 aliphatic heterocycles. The third-order valence-corrected chi connectivity index (χ3v) is 11.8. The van der Waals surface area contributed by atoms with Gasteiger partial charge in [0.25, 0.3) is 5.91 Å². The summed E-state index contributed by atoms with van der Waals surface area (Å²) in [5, 5.41) is 5.25. The summed E-state index contributed by atoms with van der Waals surface area (Å²) < 4.78 is 0. The minimum absolute atomic E-state index is 0.00463. The van der Waals surface area contributed by atoms with Gasteiger partial charge in [-0.2, -0.15) is 0 Å². The zero-order chi connectivity index (χ0) is 51.6. The Morgan fingerprint density at radius 1 is 0.329 bits per heavy atom. The van der Waals surface area contributed by atoms with Crippen molar-refractivity contribution in [1.82, 2.24) is 40.2 Å². The molecule has 3 heterocycles. The Morgan fingerprint density at radius 2 is 0.603 bits per heavy atom. The maximum Gasteiger partial charge on any atom is 0.255 e. The topological polar surface area (TPSA) is 148 Å². The Kier molecular flexibility index (Phi) is 15.7. The first-order chi connectivity index (χ1) is 35.2. The van der Waals surface area contributed by atoms with Crippen molar-refractivity contribution in [2.75, 3.05) is 12.4 Å². The van der Waals surface area contributed by atoms with Crippen molar-refractivity contribution in [2.45, 2.75) is 55.4 Å². The first kappa shape index (κ1) is 50.3. The first-order valence-corrected chi connectivity index (χ1v) is 24.0. The van der Waals surface area contributed by atoms with E-state index < -0.39 is 0 Å². The second kappa shape index (κ2) is 22.8. The van der Waals surface area contributed by atoms with E-state index in [0.717, 1.165) is 72.1 Å². The van der Waals surface area contributed by atoms with Crippen LogP contribution in [0.3, 0.4) is 0 Å². The van der Waals surface area contributed by atoms with Crippen molar-refractivity contribution in [2.24, 2.45) is 0 Å². The Hall–Kier alpha value is -9.09. The summed E-state index contributed by atoms with van der Waals surface area (Å²) in [6.07, 6.45) is 0. The van der Waals surface area contributed by atoms with Crippen LogP contribution in [0.5, 0.6) is 0 Å². The van der Waals surface area contributed by atoms with E-state index in [-0.39, 0.29) is 11.8 Å². The molecular formula is C62H57N9O2. The van der Waals surface area contributed by atoms with E-state index >= 15 is 0 Å². The summed E-state index contributed by atoms with van der Waals surface area (Å²) in [6.45, 7) is 15.8. The van der Waals surface area contributed by atoms with Gasteiger partial charge in [0.2, 0.25) is 5.91 Å². The highest BCUT2D eigenvalue weighted by atomic mass is 16.2. The number of hydrogen-bond donors (Lipinski definition) is 2. The van der Waals surface area contributed by atoms with Crippen LogP contribution in [0.4, 0.5) is 5.69 Å². The van der Waals surface area contributed by atoms with Gasteiger partial charge in [-0.05, 0) is 120 Å². The van der Waals surface area contributed by atoms with Crippen LogP contribution < -0.4 is 10.6 Å². The van der Waals surface area contributed by atoms with Gasteiger partial charge in [0.05, 0.1) is 44.1 Å². The molecule has 0 unspecified atom stereocenters. The molecule has 362 valence electrons. The smallest absolute Gasteiger partial charge is 0.255 e. The van der Waals surface area contributed by atoms with Crippen LogP contribution in [0.25, 0.3) is 78.3 Å². The molecule has 0 fully saturated rings. The molecule has 0 aliphatic rings. The lowest BCUT2D eigenvalue weighted by Crippen LogP contribution is -2.11. The maximum absolute atomic E-state index is 11.9. The highest BCUT2D eigenvalue weighted by Crippen LogP contribution is 2.27. The second-order valence-corrected chi connectivity index (χ2v) is 18.2. The van der Waals surface area contributed by atoms with Crippen LogP contribution in [-0.4, -0.2) is 53.7 Å². The summed E-state index contributed by atoms with van der Waals surface area (Å²) >= 11 is 0. The second-order valence-electron chi connectivity index (χ2n) is 18.2. The molecule has 0 radical (unpaired) electrons. The number of nitrogens with one attached hydrogen (secondary N) is 2. The van der Waals surface area contributed by atoms with Gasteiger partial charge in [-0.3, -0.25) is 9.59 Å². The van der Waals surface area contributed by atoms with E-state index in [1.165, 1.54) is 40.3 Å². The lowest BCUT2D eigenvalue weighted by atomic mass is 10.1. The van der Waals surface area contributed by atoms with Gasteiger partial charge in [0, 0.05) is 41.9 Å². The van der Waals surface area contributed by atoms with Crippen LogP contribution in [0.1, 0.15) is 56.2 Å². The normalized spacial score (nSPS) is 10.6. The molecule has 73 heavy (non-hydrogen) atoms. The van der Waals surface area contributed by atoms with Crippen LogP contribution in [0.15, 0.2) is 170 Å². The third kappa shape index (κ3) is 13.2. The van der Waals surface area contributed by atoms with Crippen LogP contribution in [0, 0.1) is 48.5 Å². The molecule has 0 spiro atoms. The molecule has 0 atom stereocenters. The van der Waals surface area contributed by atoms with Crippen molar-refractivity contribution >= 4 is 61.6 Å². The van der Waals surface area contributed by atoms with Gasteiger partial charge in [-0.1, -0.05) is 137 Å². The van der Waals surface area contributed by atoms with Crippen LogP contribution in [0.2, 0.25) is 0 Å². The van der Waals surface area contributed by atoms with Gasteiger partial charge < -0.3 is 10.6 Å². The monoisotopic (exact) mass is 959 g/mol. The van der Waals surface area contributed by atoms with Crippen LogP contribution >= 0.6 is 0 Å². The molecule has 0 aliphatic carbocycles. The molecule has 0 saturated heterocycles. The highest BCUT2D eigenvalue weighted by Gasteiger charge is 2.13. The fraction of sp³-hybridized carbons (Fsp3) is 0.145. The summed E-state index contributed by atoms with van der Waals surface area (Å²) in [6, 6.07) is 56.3. The molecule has 11 heteroatoms. The molecular weight excluding hydrogens is 903 g/mol. The van der Waals surface area contributed by atoms with E-state index in [0.29, 0.717) is 23.0 Å². The molecule has 11 aromatic rings. The van der Waals surface area contributed by atoms with Crippen LogP contribution in [-0.2, 0) is 4.79 Å². The molecule has 0 saturated carbocycles. The van der Waals surface area contributed by atoms with E-state index in [1.54, 1.807) is 7.05 Å². The minimum Gasteiger partial charge on any atom is -0.359 e. The van der Waals surface area contributed by atoms with Crippen molar-refractivity contribution in [3.63, 3.8) is 0 Å². The zero-order valence-electron chi connectivity index (χ0n) is 42.6. The van der Waals surface area contributed by atoms with Gasteiger partial charge in [-0.15, -0.1) is 0 Å². The van der Waals surface area contributed by atoms with E-state index in [1.807, 2.05) is 86.6 Å². The van der Waals surface area contributed by atoms with Gasteiger partial charge in [0.15, 0.2) is 17.5 Å². The number of fused-ring (bicyclic) bond motifs is 4. The zero-order valence-corrected chi connectivity index (χ0v) is 42.6. The number of hydrogen-bond acceptors (Lipinski definition) is 9. The van der Waals surface area contributed by atoms with Crippen molar-refractivity contribution in [3.05, 3.63) is 214 Å². The first-order valence-electron chi connectivity index (χ1n) is 24.0. The van der Waals surface area contributed by atoms with Gasteiger partial charge in [-0.25, -0.2) is 34.9 Å². The van der Waals surface area contributed by atoms with Crippen molar-refractivity contribution in [3.8, 4) is 34.2 Å². The Labute approximate surface area is 425 Å². The van der Waals surface area contributed by atoms with Gasteiger partial charge in [0.1, 0.15) is 0 Å². The fourth-order valence-corrected chi connectivity index (χ4v) is 7.48. The maximum atomic E-state index is 11.9. The number of aryl methyl sites for hydroxylation is 7. The molecule has 0 bridgehead atoms. The molecule has 2 N–H and O–H groups in total. The number of amides is 2. The number of carbonyl (C=O) groups is 2. The minimum atomic E-state index is -0.0751. The lowest BCUT2D eigenvalue weighted by molar-refractivity contribution is -0.118. The van der Waals surface area contributed by atoms with Gasteiger partial charge >= 0.3 is 0 Å². The van der Waals surface area contributed by atoms with Crippen molar-refractivity contribution < 1.29 is 9.59 Å². The summed E-state index contributed by atoms with van der Waals surface area (Å²) in [7, 11) is 1.60. The lowest BCUT2D eigenvalue weighted by Gasteiger charge is -2.09. The summed E-state index contributed by atoms with van der Waals surface area (Å²) in [5.41, 5.74) is 19.8. The molecule has 11 nitrogen and oxygen atoms in total. The average Bonchev–Trinajstić information content (AvgIpc) is 3.39. The molecule has 2 amide bonds. The quantitative estimate of drug-likeness (QED) is 0.161. The number of nitrogens with zero attached hydrogens (tertiary/aromatic N) is 7. The van der Waals surface area contributed by atoms with E-state index in [2.05, 4.69) is 142 Å². The predicted octanol–water partition coefficient (Wildman–Crippen LogP) is 13.6. The number of anilines is 1. The molecule has 8 aromatic carbocycles. The highest BCUT2D eigenvalue weighted by molar-refractivity contribution is 6.04. The van der Waals surface area contributed by atoms with E-state index in [4.69, 9.17) is 34.9 Å². The summed E-state index contributed by atoms with van der Waals surface area (Å²) in [4.78, 5) is 54.8. The summed E-state index contributed by atoms with van der Waals surface area (Å²) in [5.74, 6) is 2.00. The fourth-order valence-electron chi connectivity index (χ4n) is 7.48. The Bertz CT molecular complexity index is 3470. The molecule has 3 aromatic heterocycles. The number of aromatic nitrogens is 7.